The van der Waals surface area contributed by atoms with Crippen molar-refractivity contribution in [2.75, 3.05) is 6.54 Å². The highest BCUT2D eigenvalue weighted by molar-refractivity contribution is 5.76. The van der Waals surface area contributed by atoms with E-state index in [9.17, 15) is 14.7 Å². The summed E-state index contributed by atoms with van der Waals surface area (Å²) >= 11 is 0. The van der Waals surface area contributed by atoms with E-state index in [1.807, 2.05) is 19.1 Å². The maximum atomic E-state index is 11.7. The van der Waals surface area contributed by atoms with Gasteiger partial charge in [-0.3, -0.25) is 4.79 Å². The molecule has 0 saturated heterocycles. The van der Waals surface area contributed by atoms with Crippen LogP contribution in [-0.4, -0.2) is 29.7 Å². The van der Waals surface area contributed by atoms with Gasteiger partial charge in [0.2, 0.25) is 0 Å². The summed E-state index contributed by atoms with van der Waals surface area (Å²) in [6.07, 6.45) is 9.06. The van der Waals surface area contributed by atoms with E-state index in [-0.39, 0.29) is 12.1 Å². The topological polar surface area (TPSA) is 78.4 Å². The summed E-state index contributed by atoms with van der Waals surface area (Å²) in [5.74, 6) is -1.26. The zero-order chi connectivity index (χ0) is 14.1. The quantitative estimate of drug-likeness (QED) is 0.406. The van der Waals surface area contributed by atoms with Crippen molar-refractivity contribution in [2.45, 2.75) is 51.5 Å². The number of urea groups is 1. The van der Waals surface area contributed by atoms with Crippen LogP contribution in [0.25, 0.3) is 0 Å². The highest BCUT2D eigenvalue weighted by Gasteiger charge is 2.30. The number of carboxylic acids is 1. The number of nitrogens with one attached hydrogen (secondary N) is 2. The molecule has 1 aliphatic carbocycles. The fraction of sp³-hybridized carbons (Fsp3) is 0.714. The smallest absolute Gasteiger partial charge is 0.315 e. The molecule has 1 fully saturated rings. The first-order valence-corrected chi connectivity index (χ1v) is 7.03. The Labute approximate surface area is 114 Å². The van der Waals surface area contributed by atoms with Gasteiger partial charge < -0.3 is 15.7 Å². The van der Waals surface area contributed by atoms with Crippen LogP contribution >= 0.6 is 0 Å². The number of amides is 2. The first-order valence-electron chi connectivity index (χ1n) is 7.03. The third kappa shape index (κ3) is 5.77. The summed E-state index contributed by atoms with van der Waals surface area (Å²) in [4.78, 5) is 22.9. The molecule has 2 atom stereocenters. The lowest BCUT2D eigenvalue weighted by atomic mass is 9.95. The van der Waals surface area contributed by atoms with Crippen molar-refractivity contribution in [3.8, 4) is 0 Å². The maximum Gasteiger partial charge on any atom is 0.315 e. The second kappa shape index (κ2) is 8.56. The zero-order valence-electron chi connectivity index (χ0n) is 11.5. The van der Waals surface area contributed by atoms with E-state index in [1.165, 1.54) is 0 Å². The minimum absolute atomic E-state index is 0.248. The van der Waals surface area contributed by atoms with Crippen LogP contribution < -0.4 is 10.6 Å². The molecule has 0 bridgehead atoms. The van der Waals surface area contributed by atoms with Gasteiger partial charge >= 0.3 is 12.0 Å². The Morgan fingerprint density at radius 1 is 1.26 bits per heavy atom. The summed E-state index contributed by atoms with van der Waals surface area (Å²) < 4.78 is 0. The molecule has 2 amide bonds. The van der Waals surface area contributed by atoms with Crippen molar-refractivity contribution in [3.63, 3.8) is 0 Å². The Hall–Kier alpha value is -1.52. The summed E-state index contributed by atoms with van der Waals surface area (Å²) in [6, 6.07) is -0.510. The van der Waals surface area contributed by atoms with Gasteiger partial charge in [-0.2, -0.15) is 0 Å². The van der Waals surface area contributed by atoms with Gasteiger partial charge in [-0.15, -0.1) is 0 Å². The molecule has 5 nitrogen and oxygen atoms in total. The molecule has 0 spiro atoms. The molecular formula is C14H24N2O3. The summed E-state index contributed by atoms with van der Waals surface area (Å²) in [6.45, 7) is 2.50. The molecule has 5 heteroatoms. The lowest BCUT2D eigenvalue weighted by Gasteiger charge is -2.22. The lowest BCUT2D eigenvalue weighted by Crippen LogP contribution is -2.47. The van der Waals surface area contributed by atoms with Gasteiger partial charge in [-0.25, -0.2) is 4.79 Å². The molecule has 0 aliphatic heterocycles. The summed E-state index contributed by atoms with van der Waals surface area (Å²) in [7, 11) is 0. The Morgan fingerprint density at radius 2 is 2.00 bits per heavy atom. The van der Waals surface area contributed by atoms with Gasteiger partial charge in [0.15, 0.2) is 0 Å². The van der Waals surface area contributed by atoms with Crippen LogP contribution in [0.1, 0.15) is 45.4 Å². The van der Waals surface area contributed by atoms with E-state index in [2.05, 4.69) is 10.6 Å². The molecule has 0 aromatic rings. The monoisotopic (exact) mass is 268 g/mol. The van der Waals surface area contributed by atoms with Crippen molar-refractivity contribution in [1.29, 1.82) is 0 Å². The van der Waals surface area contributed by atoms with E-state index < -0.39 is 11.9 Å². The number of carboxylic acid groups (broad SMARTS) is 1. The van der Waals surface area contributed by atoms with Crippen LogP contribution in [0.5, 0.6) is 0 Å². The molecule has 19 heavy (non-hydrogen) atoms. The highest BCUT2D eigenvalue weighted by atomic mass is 16.4. The van der Waals surface area contributed by atoms with Gasteiger partial charge in [0, 0.05) is 12.6 Å². The molecule has 1 rings (SSSR count). The van der Waals surface area contributed by atoms with Gasteiger partial charge in [0.1, 0.15) is 0 Å². The Morgan fingerprint density at radius 3 is 2.68 bits per heavy atom. The van der Waals surface area contributed by atoms with Gasteiger partial charge in [-0.1, -0.05) is 31.4 Å². The minimum Gasteiger partial charge on any atom is -0.481 e. The number of allylic oxidation sites excluding steroid dienone is 1. The number of carbonyl (C=O) groups is 2. The average molecular weight is 268 g/mol. The number of rotatable bonds is 5. The zero-order valence-corrected chi connectivity index (χ0v) is 11.5. The van der Waals surface area contributed by atoms with Gasteiger partial charge in [0.25, 0.3) is 0 Å². The van der Waals surface area contributed by atoms with Crippen LogP contribution in [0.2, 0.25) is 0 Å². The normalized spacial score (nSPS) is 23.8. The minimum atomic E-state index is -0.805. The third-order valence-corrected chi connectivity index (χ3v) is 3.48. The van der Waals surface area contributed by atoms with Crippen molar-refractivity contribution in [3.05, 3.63) is 12.2 Å². The van der Waals surface area contributed by atoms with Crippen LogP contribution in [0.4, 0.5) is 4.79 Å². The van der Waals surface area contributed by atoms with Crippen molar-refractivity contribution in [1.82, 2.24) is 10.6 Å². The largest absolute Gasteiger partial charge is 0.481 e. The van der Waals surface area contributed by atoms with Gasteiger partial charge in [0.05, 0.1) is 5.92 Å². The van der Waals surface area contributed by atoms with Crippen molar-refractivity contribution < 1.29 is 14.7 Å². The predicted octanol–water partition coefficient (Wildman–Crippen LogP) is 2.29. The van der Waals surface area contributed by atoms with Crippen LogP contribution in [-0.2, 0) is 4.79 Å². The highest BCUT2D eigenvalue weighted by Crippen LogP contribution is 2.23. The number of carbonyl (C=O) groups excluding carboxylic acids is 1. The third-order valence-electron chi connectivity index (χ3n) is 3.48. The molecule has 0 heterocycles. The predicted molar refractivity (Wildman–Crippen MR) is 74.0 cm³/mol. The van der Waals surface area contributed by atoms with Crippen LogP contribution in [0.3, 0.4) is 0 Å². The summed E-state index contributed by atoms with van der Waals surface area (Å²) in [5, 5.41) is 14.8. The SMILES string of the molecule is C/C=C/CCNC(=O)NC1CCCCCC1C(=O)O. The van der Waals surface area contributed by atoms with E-state index in [1.54, 1.807) is 0 Å². The van der Waals surface area contributed by atoms with E-state index in [0.29, 0.717) is 13.0 Å². The number of aliphatic carboxylic acids is 1. The first kappa shape index (κ1) is 15.5. The summed E-state index contributed by atoms with van der Waals surface area (Å²) in [5.41, 5.74) is 0. The Balaban J connectivity index is 2.42. The second-order valence-corrected chi connectivity index (χ2v) is 4.95. The molecule has 0 radical (unpaired) electrons. The average Bonchev–Trinajstić information content (AvgIpc) is 2.60. The van der Waals surface area contributed by atoms with Gasteiger partial charge in [-0.05, 0) is 26.2 Å². The van der Waals surface area contributed by atoms with E-state index >= 15 is 0 Å². The second-order valence-electron chi connectivity index (χ2n) is 4.95. The molecule has 3 N–H and O–H groups in total. The van der Waals surface area contributed by atoms with Crippen LogP contribution in [0.15, 0.2) is 12.2 Å². The first-order chi connectivity index (χ1) is 9.15. The molecule has 1 aliphatic rings. The molecule has 2 unspecified atom stereocenters. The fourth-order valence-electron chi connectivity index (χ4n) is 2.43. The molecular weight excluding hydrogens is 244 g/mol. The van der Waals surface area contributed by atoms with E-state index in [4.69, 9.17) is 0 Å². The Kier molecular flexibility index (Phi) is 7.00. The number of hydrogen-bond acceptors (Lipinski definition) is 2. The standard InChI is InChI=1S/C14H24N2O3/c1-2-3-7-10-15-14(19)16-12-9-6-4-5-8-11(12)13(17)18/h2-3,11-12H,4-10H2,1H3,(H,17,18)(H2,15,16,19)/b3-2+. The van der Waals surface area contributed by atoms with Crippen molar-refractivity contribution in [2.24, 2.45) is 5.92 Å². The lowest BCUT2D eigenvalue weighted by molar-refractivity contribution is -0.142. The molecule has 108 valence electrons. The van der Waals surface area contributed by atoms with E-state index in [0.717, 1.165) is 32.1 Å². The molecule has 0 aromatic carbocycles. The fourth-order valence-corrected chi connectivity index (χ4v) is 2.43. The number of hydrogen-bond donors (Lipinski definition) is 3. The maximum absolute atomic E-state index is 11.7. The molecule has 0 aromatic heterocycles. The van der Waals surface area contributed by atoms with Crippen LogP contribution in [0, 0.1) is 5.92 Å². The molecule has 1 saturated carbocycles. The van der Waals surface area contributed by atoms with Crippen molar-refractivity contribution >= 4 is 12.0 Å². The Bertz CT molecular complexity index is 329.